The van der Waals surface area contributed by atoms with Crippen LogP contribution in [0, 0.1) is 0 Å². The van der Waals surface area contributed by atoms with Crippen molar-refractivity contribution in [3.8, 4) is 0 Å². The number of carbonyl (C=O) groups is 5. The van der Waals surface area contributed by atoms with Crippen molar-refractivity contribution in [2.75, 3.05) is 0 Å². The van der Waals surface area contributed by atoms with E-state index in [1.54, 1.807) is 0 Å². The molecule has 0 N–H and O–H groups in total. The van der Waals surface area contributed by atoms with Gasteiger partial charge in [-0.1, -0.05) is 0 Å². The van der Waals surface area contributed by atoms with E-state index in [-0.39, 0.29) is 42.8 Å². The molecule has 0 aromatic carbocycles. The molecule has 0 fully saturated rings. The standard InChI is InChI=1S/5C2H4O2.Au.Pd/c5*1-2(3)4;;/h5*1H3,(H,3,4);;/q;;;;;+3;+2/p-5. The van der Waals surface area contributed by atoms with E-state index in [1.165, 1.54) is 0 Å². The summed E-state index contributed by atoms with van der Waals surface area (Å²) in [5.41, 5.74) is 0. The first kappa shape index (κ1) is 42.8. The van der Waals surface area contributed by atoms with Gasteiger partial charge in [0.05, 0.1) is 0 Å². The molecule has 12 heteroatoms. The molecule has 0 aliphatic carbocycles. The fraction of sp³-hybridized carbons (Fsp3) is 0.500. The van der Waals surface area contributed by atoms with Crippen molar-refractivity contribution in [2.45, 2.75) is 34.6 Å². The second kappa shape index (κ2) is 36.7. The van der Waals surface area contributed by atoms with E-state index in [2.05, 4.69) is 0 Å². The summed E-state index contributed by atoms with van der Waals surface area (Å²) in [5, 5.41) is 44.4. The Morgan fingerprint density at radius 2 is 0.455 bits per heavy atom. The van der Waals surface area contributed by atoms with E-state index in [0.717, 1.165) is 34.6 Å². The van der Waals surface area contributed by atoms with Crippen molar-refractivity contribution in [1.82, 2.24) is 0 Å². The SMILES string of the molecule is CC(=O)[O-].CC(=O)[O-].CC(=O)[O-].CC(=O)[O-].CC(=O)[O-].[Au+3].[Pd+2]. The Hall–Kier alpha value is -1.25. The Labute approximate surface area is 156 Å². The van der Waals surface area contributed by atoms with Gasteiger partial charge in [0.25, 0.3) is 0 Å². The molecule has 0 aliphatic heterocycles. The molecular formula is C10H15AuO10Pd. The molecule has 0 saturated heterocycles. The van der Waals surface area contributed by atoms with Crippen LogP contribution in [-0.4, -0.2) is 29.8 Å². The topological polar surface area (TPSA) is 201 Å². The van der Waals surface area contributed by atoms with Crippen LogP contribution >= 0.6 is 0 Å². The summed E-state index contributed by atoms with van der Waals surface area (Å²) in [5.74, 6) is -5.42. The fourth-order valence-electron chi connectivity index (χ4n) is 0. The number of hydrogen-bond acceptors (Lipinski definition) is 10. The average Bonchev–Trinajstić information content (AvgIpc) is 1.94. The first-order valence-electron chi connectivity index (χ1n) is 4.54. The van der Waals surface area contributed by atoms with Crippen LogP contribution in [0.25, 0.3) is 0 Å². The molecule has 0 rings (SSSR count). The van der Waals surface area contributed by atoms with Crippen LogP contribution < -0.4 is 25.5 Å². The maximum atomic E-state index is 8.89. The summed E-state index contributed by atoms with van der Waals surface area (Å²) in [6.45, 7) is 4.86. The third-order valence-corrected chi connectivity index (χ3v) is 0. The molecule has 0 unspecified atom stereocenters. The Bertz CT molecular complexity index is 216. The van der Waals surface area contributed by atoms with E-state index >= 15 is 0 Å². The predicted octanol–water partition coefficient (Wildman–Crippen LogP) is -6.22. The number of hydrogen-bond donors (Lipinski definition) is 0. The Morgan fingerprint density at radius 3 is 0.455 bits per heavy atom. The number of carboxylic acids is 5. The number of carbonyl (C=O) groups excluding carboxylic acids is 5. The van der Waals surface area contributed by atoms with Gasteiger partial charge >= 0.3 is 42.8 Å². The van der Waals surface area contributed by atoms with Gasteiger partial charge in [-0.05, 0) is 34.6 Å². The summed E-state index contributed by atoms with van der Waals surface area (Å²) in [7, 11) is 0. The van der Waals surface area contributed by atoms with Crippen LogP contribution in [-0.2, 0) is 66.8 Å². The molecular weight excluding hydrogens is 583 g/mol. The van der Waals surface area contributed by atoms with Gasteiger partial charge in [-0.15, -0.1) is 0 Å². The largest absolute Gasteiger partial charge is 3.00 e. The monoisotopic (exact) mass is 598 g/mol. The molecule has 0 spiro atoms. The molecule has 0 saturated carbocycles. The first-order chi connectivity index (χ1) is 8.66. The molecule has 0 radical (unpaired) electrons. The molecule has 0 atom stereocenters. The minimum absolute atomic E-state index is 0. The molecule has 0 bridgehead atoms. The van der Waals surface area contributed by atoms with E-state index in [0.29, 0.717) is 0 Å². The van der Waals surface area contributed by atoms with E-state index in [4.69, 9.17) is 49.5 Å². The summed E-state index contributed by atoms with van der Waals surface area (Å²) in [6.07, 6.45) is 0. The molecule has 0 amide bonds. The van der Waals surface area contributed by atoms with E-state index in [1.807, 2.05) is 0 Å². The Morgan fingerprint density at radius 1 is 0.455 bits per heavy atom. The Kier molecular flexibility index (Phi) is 71.5. The minimum Gasteiger partial charge on any atom is -0.550 e. The second-order valence-corrected chi connectivity index (χ2v) is 2.46. The van der Waals surface area contributed by atoms with Crippen molar-refractivity contribution in [3.05, 3.63) is 0 Å². The van der Waals surface area contributed by atoms with Crippen LogP contribution in [0.4, 0.5) is 0 Å². The normalized spacial score (nSPS) is 5.68. The van der Waals surface area contributed by atoms with Gasteiger partial charge in [0, 0.05) is 29.8 Å². The molecule has 0 aromatic heterocycles. The van der Waals surface area contributed by atoms with Crippen LogP contribution in [0.1, 0.15) is 34.6 Å². The maximum Gasteiger partial charge on any atom is 3.00 e. The average molecular weight is 599 g/mol. The summed E-state index contributed by atoms with van der Waals surface area (Å²) in [4.78, 5) is 44.4. The van der Waals surface area contributed by atoms with Gasteiger partial charge in [-0.25, -0.2) is 0 Å². The zero-order valence-corrected chi connectivity index (χ0v) is 15.9. The first-order valence-corrected chi connectivity index (χ1v) is 4.54. The van der Waals surface area contributed by atoms with Crippen molar-refractivity contribution in [3.63, 3.8) is 0 Å². The van der Waals surface area contributed by atoms with Crippen molar-refractivity contribution >= 4 is 29.8 Å². The smallest absolute Gasteiger partial charge is 0.550 e. The van der Waals surface area contributed by atoms with Gasteiger partial charge in [0.2, 0.25) is 0 Å². The Balaban J connectivity index is -0.0000000250. The van der Waals surface area contributed by atoms with Crippen molar-refractivity contribution < 1.29 is 92.3 Å². The van der Waals surface area contributed by atoms with E-state index < -0.39 is 29.8 Å². The quantitative estimate of drug-likeness (QED) is 0.242. The minimum atomic E-state index is -1.08. The maximum absolute atomic E-state index is 8.89. The van der Waals surface area contributed by atoms with Crippen LogP contribution in [0.5, 0.6) is 0 Å². The molecule has 22 heavy (non-hydrogen) atoms. The zero-order valence-electron chi connectivity index (χ0n) is 12.2. The van der Waals surface area contributed by atoms with E-state index in [9.17, 15) is 0 Å². The number of rotatable bonds is 0. The zero-order chi connectivity index (χ0) is 17.9. The summed E-state index contributed by atoms with van der Waals surface area (Å²) in [6, 6.07) is 0. The third kappa shape index (κ3) is 3800. The van der Waals surface area contributed by atoms with Crippen molar-refractivity contribution in [2.24, 2.45) is 0 Å². The van der Waals surface area contributed by atoms with Crippen molar-refractivity contribution in [1.29, 1.82) is 0 Å². The van der Waals surface area contributed by atoms with Gasteiger partial charge in [-0.3, -0.25) is 0 Å². The van der Waals surface area contributed by atoms with Crippen LogP contribution in [0.2, 0.25) is 0 Å². The van der Waals surface area contributed by atoms with Gasteiger partial charge in [0.1, 0.15) is 0 Å². The van der Waals surface area contributed by atoms with Gasteiger partial charge in [-0.2, -0.15) is 0 Å². The van der Waals surface area contributed by atoms with Gasteiger partial charge in [0.15, 0.2) is 0 Å². The third-order valence-electron chi connectivity index (χ3n) is 0. The van der Waals surface area contributed by atoms with Crippen LogP contribution in [0.3, 0.4) is 0 Å². The molecule has 0 heterocycles. The fourth-order valence-corrected chi connectivity index (χ4v) is 0. The second-order valence-electron chi connectivity index (χ2n) is 2.46. The number of aliphatic carboxylic acids is 5. The summed E-state index contributed by atoms with van der Waals surface area (Å²) < 4.78 is 0. The summed E-state index contributed by atoms with van der Waals surface area (Å²) >= 11 is 0. The van der Waals surface area contributed by atoms with Crippen LogP contribution in [0.15, 0.2) is 0 Å². The number of carboxylic acid groups (broad SMARTS) is 5. The molecule has 0 aliphatic rings. The predicted molar refractivity (Wildman–Crippen MR) is 53.4 cm³/mol. The molecule has 0 aromatic rings. The van der Waals surface area contributed by atoms with Gasteiger partial charge < -0.3 is 49.5 Å². The molecule has 136 valence electrons. The molecule has 10 nitrogen and oxygen atoms in total.